The zero-order chi connectivity index (χ0) is 14.3. The van der Waals surface area contributed by atoms with Crippen molar-refractivity contribution < 1.29 is 0 Å². The van der Waals surface area contributed by atoms with Crippen LogP contribution in [-0.4, -0.2) is 9.97 Å². The summed E-state index contributed by atoms with van der Waals surface area (Å²) in [5, 5.41) is 0. The number of nitrogens with zero attached hydrogens (tertiary/aromatic N) is 1. The summed E-state index contributed by atoms with van der Waals surface area (Å²) in [4.78, 5) is 7.96. The molecule has 0 amide bonds. The van der Waals surface area contributed by atoms with E-state index in [2.05, 4.69) is 75.8 Å². The van der Waals surface area contributed by atoms with Gasteiger partial charge >= 0.3 is 0 Å². The minimum atomic E-state index is 0.104. The smallest absolute Gasteiger partial charge is 0.137 e. The maximum Gasteiger partial charge on any atom is 0.137 e. The molecule has 1 heterocycles. The number of nitrogens with one attached hydrogen (secondary N) is 1. The van der Waals surface area contributed by atoms with Crippen LogP contribution in [0.4, 0.5) is 0 Å². The van der Waals surface area contributed by atoms with Crippen molar-refractivity contribution in [3.63, 3.8) is 0 Å². The van der Waals surface area contributed by atoms with Crippen molar-refractivity contribution in [3.8, 4) is 11.4 Å². The number of aromatic nitrogens is 2. The first kappa shape index (κ1) is 13.9. The van der Waals surface area contributed by atoms with Gasteiger partial charge in [-0.25, -0.2) is 4.98 Å². The van der Waals surface area contributed by atoms with Crippen molar-refractivity contribution >= 4 is 0 Å². The Kier molecular flexibility index (Phi) is 3.29. The van der Waals surface area contributed by atoms with Gasteiger partial charge in [0, 0.05) is 22.9 Å². The third-order valence-electron chi connectivity index (χ3n) is 3.39. The van der Waals surface area contributed by atoms with E-state index in [9.17, 15) is 0 Å². The molecule has 0 fully saturated rings. The standard InChI is InChI=1S/C17H24N2/c1-16(2,3)13-9-7-8-12(10-13)15-18-11-14(19-15)17(4,5)6/h7-11H,1-6H3,(H,18,19). The summed E-state index contributed by atoms with van der Waals surface area (Å²) in [5.74, 6) is 0.955. The lowest BCUT2D eigenvalue weighted by Gasteiger charge is -2.19. The molecule has 2 nitrogen and oxygen atoms in total. The highest BCUT2D eigenvalue weighted by Crippen LogP contribution is 2.28. The fourth-order valence-electron chi connectivity index (χ4n) is 1.98. The minimum Gasteiger partial charge on any atom is -0.341 e. The monoisotopic (exact) mass is 256 g/mol. The molecule has 0 aliphatic heterocycles. The molecule has 2 rings (SSSR count). The fourth-order valence-corrected chi connectivity index (χ4v) is 1.98. The first-order valence-electron chi connectivity index (χ1n) is 6.84. The first-order chi connectivity index (χ1) is 8.68. The molecule has 1 aromatic carbocycles. The summed E-state index contributed by atoms with van der Waals surface area (Å²) >= 11 is 0. The molecule has 0 saturated carbocycles. The molecule has 0 saturated heterocycles. The molecule has 102 valence electrons. The van der Waals surface area contributed by atoms with Gasteiger partial charge in [-0.3, -0.25) is 0 Å². The molecule has 2 heteroatoms. The highest BCUT2D eigenvalue weighted by molar-refractivity contribution is 5.57. The van der Waals surface area contributed by atoms with Crippen LogP contribution in [0.1, 0.15) is 52.8 Å². The Bertz CT molecular complexity index is 565. The van der Waals surface area contributed by atoms with E-state index < -0.39 is 0 Å². The number of hydrogen-bond donors (Lipinski definition) is 1. The Hall–Kier alpha value is -1.57. The molecular weight excluding hydrogens is 232 g/mol. The molecule has 2 aromatic rings. The Labute approximate surface area is 116 Å². The lowest BCUT2D eigenvalue weighted by Crippen LogP contribution is -2.11. The Morgan fingerprint density at radius 1 is 0.947 bits per heavy atom. The summed E-state index contributed by atoms with van der Waals surface area (Å²) in [6, 6.07) is 8.62. The third-order valence-corrected chi connectivity index (χ3v) is 3.39. The second-order valence-corrected chi connectivity index (χ2v) is 7.23. The Morgan fingerprint density at radius 2 is 1.63 bits per heavy atom. The summed E-state index contributed by atoms with van der Waals surface area (Å²) in [5.41, 5.74) is 3.92. The highest BCUT2D eigenvalue weighted by Gasteiger charge is 2.18. The van der Waals surface area contributed by atoms with Crippen molar-refractivity contribution in [2.24, 2.45) is 0 Å². The molecule has 19 heavy (non-hydrogen) atoms. The van der Waals surface area contributed by atoms with Gasteiger partial charge in [-0.2, -0.15) is 0 Å². The number of aromatic amines is 1. The van der Waals surface area contributed by atoms with E-state index in [-0.39, 0.29) is 10.8 Å². The van der Waals surface area contributed by atoms with E-state index in [1.165, 1.54) is 11.3 Å². The molecule has 1 aromatic heterocycles. The van der Waals surface area contributed by atoms with Crippen LogP contribution in [0.3, 0.4) is 0 Å². The van der Waals surface area contributed by atoms with Crippen molar-refractivity contribution in [1.29, 1.82) is 0 Å². The van der Waals surface area contributed by atoms with E-state index in [0.29, 0.717) is 0 Å². The van der Waals surface area contributed by atoms with Crippen LogP contribution in [-0.2, 0) is 10.8 Å². The third kappa shape index (κ3) is 3.06. The van der Waals surface area contributed by atoms with Gasteiger partial charge in [0.15, 0.2) is 0 Å². The predicted molar refractivity (Wildman–Crippen MR) is 81.4 cm³/mol. The molecule has 0 atom stereocenters. The average Bonchev–Trinajstić information content (AvgIpc) is 2.77. The summed E-state index contributed by atoms with van der Waals surface area (Å²) in [6.07, 6.45) is 1.94. The Balaban J connectivity index is 2.40. The van der Waals surface area contributed by atoms with Crippen molar-refractivity contribution in [3.05, 3.63) is 41.7 Å². The van der Waals surface area contributed by atoms with E-state index in [1.807, 2.05) is 6.20 Å². The van der Waals surface area contributed by atoms with Crippen LogP contribution >= 0.6 is 0 Å². The quantitative estimate of drug-likeness (QED) is 0.789. The first-order valence-corrected chi connectivity index (χ1v) is 6.84. The number of H-pyrrole nitrogens is 1. The maximum atomic E-state index is 4.52. The Morgan fingerprint density at radius 3 is 2.16 bits per heavy atom. The molecule has 0 radical (unpaired) electrons. The van der Waals surface area contributed by atoms with Gasteiger partial charge in [0.05, 0.1) is 0 Å². The minimum absolute atomic E-state index is 0.104. The van der Waals surface area contributed by atoms with Crippen LogP contribution in [0, 0.1) is 0 Å². The summed E-state index contributed by atoms with van der Waals surface area (Å²) < 4.78 is 0. The number of rotatable bonds is 1. The van der Waals surface area contributed by atoms with E-state index in [0.717, 1.165) is 11.4 Å². The molecule has 0 unspecified atom stereocenters. The van der Waals surface area contributed by atoms with E-state index in [1.54, 1.807) is 0 Å². The molecular formula is C17H24N2. The lowest BCUT2D eigenvalue weighted by atomic mass is 9.86. The second kappa shape index (κ2) is 4.52. The summed E-state index contributed by atoms with van der Waals surface area (Å²) in [7, 11) is 0. The fraction of sp³-hybridized carbons (Fsp3) is 0.471. The van der Waals surface area contributed by atoms with E-state index in [4.69, 9.17) is 0 Å². The van der Waals surface area contributed by atoms with Crippen LogP contribution in [0.2, 0.25) is 0 Å². The summed E-state index contributed by atoms with van der Waals surface area (Å²) in [6.45, 7) is 13.3. The van der Waals surface area contributed by atoms with Crippen LogP contribution in [0.25, 0.3) is 11.4 Å². The van der Waals surface area contributed by atoms with Gasteiger partial charge in [0.25, 0.3) is 0 Å². The largest absolute Gasteiger partial charge is 0.341 e. The molecule has 0 aliphatic carbocycles. The molecule has 0 spiro atoms. The number of benzene rings is 1. The van der Waals surface area contributed by atoms with Gasteiger partial charge in [-0.1, -0.05) is 59.7 Å². The maximum absolute atomic E-state index is 4.52. The zero-order valence-corrected chi connectivity index (χ0v) is 12.8. The van der Waals surface area contributed by atoms with Crippen LogP contribution in [0.15, 0.2) is 30.5 Å². The molecule has 1 N–H and O–H groups in total. The van der Waals surface area contributed by atoms with Gasteiger partial charge in [0.1, 0.15) is 5.82 Å². The van der Waals surface area contributed by atoms with Crippen molar-refractivity contribution in [1.82, 2.24) is 9.97 Å². The zero-order valence-electron chi connectivity index (χ0n) is 12.8. The van der Waals surface area contributed by atoms with E-state index >= 15 is 0 Å². The van der Waals surface area contributed by atoms with Crippen molar-refractivity contribution in [2.75, 3.05) is 0 Å². The average molecular weight is 256 g/mol. The second-order valence-electron chi connectivity index (χ2n) is 7.23. The lowest BCUT2D eigenvalue weighted by molar-refractivity contribution is 0.572. The van der Waals surface area contributed by atoms with Crippen molar-refractivity contribution in [2.45, 2.75) is 52.4 Å². The topological polar surface area (TPSA) is 28.7 Å². The number of hydrogen-bond acceptors (Lipinski definition) is 1. The SMILES string of the molecule is CC(C)(C)c1cccc(-c2ncc(C(C)(C)C)[nH]2)c1. The van der Waals surface area contributed by atoms with Gasteiger partial charge in [0.2, 0.25) is 0 Å². The van der Waals surface area contributed by atoms with Gasteiger partial charge < -0.3 is 4.98 Å². The normalized spacial score (nSPS) is 12.7. The molecule has 0 aliphatic rings. The predicted octanol–water partition coefficient (Wildman–Crippen LogP) is 4.67. The molecule has 0 bridgehead atoms. The van der Waals surface area contributed by atoms with Gasteiger partial charge in [-0.05, 0) is 17.0 Å². The highest BCUT2D eigenvalue weighted by atomic mass is 14.9. The van der Waals surface area contributed by atoms with Gasteiger partial charge in [-0.15, -0.1) is 0 Å². The van der Waals surface area contributed by atoms with Crippen LogP contribution in [0.5, 0.6) is 0 Å². The number of imidazole rings is 1. The van der Waals surface area contributed by atoms with Crippen LogP contribution < -0.4 is 0 Å².